The lowest BCUT2D eigenvalue weighted by molar-refractivity contribution is 1.73. The van der Waals surface area contributed by atoms with Gasteiger partial charge in [0.05, 0.1) is 15.0 Å². The minimum atomic E-state index is 0.818. The summed E-state index contributed by atoms with van der Waals surface area (Å²) >= 11 is 4.85. The molecule has 0 radical (unpaired) electrons. The van der Waals surface area contributed by atoms with Crippen molar-refractivity contribution in [2.75, 3.05) is 17.2 Å². The molecule has 0 unspecified atom stereocenters. The number of fused-ring (bicyclic) bond motifs is 2. The average Bonchev–Trinajstić information content (AvgIpc) is 3.53. The van der Waals surface area contributed by atoms with Crippen LogP contribution in [0, 0.1) is 0 Å². The van der Waals surface area contributed by atoms with Gasteiger partial charge in [0.15, 0.2) is 0 Å². The van der Waals surface area contributed by atoms with Crippen LogP contribution in [0.25, 0.3) is 52.9 Å². The van der Waals surface area contributed by atoms with Gasteiger partial charge in [0.2, 0.25) is 0 Å². The van der Waals surface area contributed by atoms with E-state index in [0.29, 0.717) is 0 Å². The Morgan fingerprint density at radius 3 is 1.59 bits per heavy atom. The first-order valence-corrected chi connectivity index (χ1v) is 12.6. The quantitative estimate of drug-likeness (QED) is 0.230. The van der Waals surface area contributed by atoms with E-state index in [1.807, 2.05) is 18.2 Å². The number of hydrogen-bond acceptors (Lipinski definition) is 6. The van der Waals surface area contributed by atoms with Crippen LogP contribution in [0.4, 0.5) is 15.0 Å². The molecule has 0 bridgehead atoms. The minimum absolute atomic E-state index is 0.818. The number of thiophene rings is 3. The Kier molecular flexibility index (Phi) is 4.47. The molecule has 0 aliphatic carbocycles. The molecule has 0 saturated heterocycles. The van der Waals surface area contributed by atoms with Crippen LogP contribution < -0.4 is 17.2 Å². The maximum atomic E-state index is 6.13. The molecule has 0 amide bonds. The van der Waals surface area contributed by atoms with Gasteiger partial charge in [-0.05, 0) is 87.3 Å². The van der Waals surface area contributed by atoms with Crippen molar-refractivity contribution in [3.63, 3.8) is 0 Å². The molecule has 6 aromatic rings. The van der Waals surface area contributed by atoms with Gasteiger partial charge >= 0.3 is 0 Å². The van der Waals surface area contributed by atoms with Crippen molar-refractivity contribution >= 4 is 70.6 Å². The first-order chi connectivity index (χ1) is 15.5. The summed E-state index contributed by atoms with van der Waals surface area (Å²) in [5.41, 5.74) is 21.7. The molecule has 0 spiro atoms. The molecular weight excluding hydrogens is 451 g/mol. The van der Waals surface area contributed by atoms with E-state index in [4.69, 9.17) is 17.2 Å². The van der Waals surface area contributed by atoms with E-state index >= 15 is 0 Å². The summed E-state index contributed by atoms with van der Waals surface area (Å²) in [5, 5.41) is 7.32. The molecule has 32 heavy (non-hydrogen) atoms. The number of nitrogen functional groups attached to an aromatic ring is 3. The van der Waals surface area contributed by atoms with Gasteiger partial charge in [0, 0.05) is 20.2 Å². The van der Waals surface area contributed by atoms with Gasteiger partial charge in [-0.2, -0.15) is 0 Å². The minimum Gasteiger partial charge on any atom is -0.391 e. The summed E-state index contributed by atoms with van der Waals surface area (Å²) in [6, 6.07) is 27.8. The van der Waals surface area contributed by atoms with Crippen LogP contribution in [0.1, 0.15) is 0 Å². The highest BCUT2D eigenvalue weighted by Gasteiger charge is 2.14. The molecule has 156 valence electrons. The number of rotatable bonds is 3. The smallest absolute Gasteiger partial charge is 0.0862 e. The third kappa shape index (κ3) is 3.24. The van der Waals surface area contributed by atoms with Crippen LogP contribution in [0.3, 0.4) is 0 Å². The Bertz CT molecular complexity index is 1620. The lowest BCUT2D eigenvalue weighted by Gasteiger charge is -2.13. The van der Waals surface area contributed by atoms with E-state index < -0.39 is 0 Å². The number of benzene rings is 3. The summed E-state index contributed by atoms with van der Waals surface area (Å²) in [7, 11) is 0. The van der Waals surface area contributed by atoms with Crippen LogP contribution in [-0.2, 0) is 0 Å². The van der Waals surface area contributed by atoms with Gasteiger partial charge in [-0.3, -0.25) is 0 Å². The Morgan fingerprint density at radius 1 is 0.438 bits per heavy atom. The highest BCUT2D eigenvalue weighted by atomic mass is 32.1. The fourth-order valence-corrected chi connectivity index (χ4v) is 6.59. The first-order valence-electron chi connectivity index (χ1n) is 10.1. The summed E-state index contributed by atoms with van der Waals surface area (Å²) < 4.78 is 0. The molecule has 0 aliphatic heterocycles. The van der Waals surface area contributed by atoms with Gasteiger partial charge in [0.1, 0.15) is 0 Å². The van der Waals surface area contributed by atoms with Gasteiger partial charge < -0.3 is 17.2 Å². The monoisotopic (exact) mass is 469 g/mol. The maximum absolute atomic E-state index is 6.13. The molecule has 6 rings (SSSR count). The first kappa shape index (κ1) is 19.4. The highest BCUT2D eigenvalue weighted by Crippen LogP contribution is 2.43. The van der Waals surface area contributed by atoms with Crippen molar-refractivity contribution in [3.05, 3.63) is 78.9 Å². The molecule has 6 N–H and O–H groups in total. The predicted octanol–water partition coefficient (Wildman–Crippen LogP) is 7.93. The standard InChI is InChI=1S/C26H19N3S3/c27-23-8-5-20(30-23)15-3-4-18-17(12-15)11-14-1-2-16(21-6-9-24(28)31-21)13-19(14)26(18)22-7-10-25(29)32-22/h1-13H,27-29H2. The maximum Gasteiger partial charge on any atom is 0.0862 e. The Hall–Kier alpha value is -3.32. The normalized spacial score (nSPS) is 11.5. The van der Waals surface area contributed by atoms with E-state index in [1.54, 1.807) is 34.0 Å². The molecule has 3 aromatic heterocycles. The Labute approximate surface area is 197 Å². The van der Waals surface area contributed by atoms with E-state index in [0.717, 1.165) is 15.0 Å². The number of hydrogen-bond donors (Lipinski definition) is 3. The van der Waals surface area contributed by atoms with Crippen molar-refractivity contribution in [2.24, 2.45) is 0 Å². The third-order valence-corrected chi connectivity index (χ3v) is 8.51. The van der Waals surface area contributed by atoms with Crippen LogP contribution in [0.15, 0.2) is 78.9 Å². The van der Waals surface area contributed by atoms with Crippen molar-refractivity contribution in [1.82, 2.24) is 0 Å². The SMILES string of the molecule is Nc1ccc(-c2ccc3c(-c4ccc(N)s4)c4cc(-c5ccc(N)s5)ccc4cc3c2)s1. The molecular formula is C26H19N3S3. The van der Waals surface area contributed by atoms with E-state index in [1.165, 1.54) is 52.9 Å². The van der Waals surface area contributed by atoms with Crippen LogP contribution in [0.2, 0.25) is 0 Å². The summed E-state index contributed by atoms with van der Waals surface area (Å²) in [6.07, 6.45) is 0. The Morgan fingerprint density at radius 2 is 1.00 bits per heavy atom. The van der Waals surface area contributed by atoms with E-state index in [9.17, 15) is 0 Å². The zero-order chi connectivity index (χ0) is 21.8. The number of anilines is 3. The molecule has 0 atom stereocenters. The van der Waals surface area contributed by atoms with Gasteiger partial charge in [-0.1, -0.05) is 24.3 Å². The van der Waals surface area contributed by atoms with E-state index in [2.05, 4.69) is 60.7 Å². The Balaban J connectivity index is 1.65. The van der Waals surface area contributed by atoms with Crippen molar-refractivity contribution in [2.45, 2.75) is 0 Å². The predicted molar refractivity (Wildman–Crippen MR) is 145 cm³/mol. The topological polar surface area (TPSA) is 78.1 Å². The fraction of sp³-hybridized carbons (Fsp3) is 0. The highest BCUT2D eigenvalue weighted by molar-refractivity contribution is 7.20. The molecule has 3 heterocycles. The second kappa shape index (κ2) is 7.38. The molecule has 6 heteroatoms. The summed E-state index contributed by atoms with van der Waals surface area (Å²) in [5.74, 6) is 0. The second-order valence-corrected chi connectivity index (χ2v) is 11.1. The lowest BCUT2D eigenvalue weighted by Crippen LogP contribution is -1.86. The van der Waals surface area contributed by atoms with Crippen molar-refractivity contribution < 1.29 is 0 Å². The van der Waals surface area contributed by atoms with Crippen molar-refractivity contribution in [3.8, 4) is 31.3 Å². The molecule has 3 aromatic carbocycles. The largest absolute Gasteiger partial charge is 0.391 e. The third-order valence-electron chi connectivity index (χ3n) is 5.65. The summed E-state index contributed by atoms with van der Waals surface area (Å²) in [6.45, 7) is 0. The van der Waals surface area contributed by atoms with Crippen LogP contribution in [0.5, 0.6) is 0 Å². The average molecular weight is 470 g/mol. The lowest BCUT2D eigenvalue weighted by atomic mass is 9.93. The zero-order valence-electron chi connectivity index (χ0n) is 17.0. The zero-order valence-corrected chi connectivity index (χ0v) is 19.4. The van der Waals surface area contributed by atoms with Crippen molar-refractivity contribution in [1.29, 1.82) is 0 Å². The molecule has 0 fully saturated rings. The van der Waals surface area contributed by atoms with Gasteiger partial charge in [-0.15, -0.1) is 34.0 Å². The van der Waals surface area contributed by atoms with Crippen LogP contribution >= 0.6 is 34.0 Å². The molecule has 0 aliphatic rings. The van der Waals surface area contributed by atoms with Gasteiger partial charge in [0.25, 0.3) is 0 Å². The van der Waals surface area contributed by atoms with Crippen LogP contribution in [-0.4, -0.2) is 0 Å². The summed E-state index contributed by atoms with van der Waals surface area (Å²) in [4.78, 5) is 3.53. The molecule has 3 nitrogen and oxygen atoms in total. The number of nitrogens with two attached hydrogens (primary N) is 3. The van der Waals surface area contributed by atoms with E-state index in [-0.39, 0.29) is 0 Å². The fourth-order valence-electron chi connectivity index (χ4n) is 4.20. The molecule has 0 saturated carbocycles. The van der Waals surface area contributed by atoms with Gasteiger partial charge in [-0.25, -0.2) is 0 Å². The second-order valence-electron chi connectivity index (χ2n) is 7.73.